The van der Waals surface area contributed by atoms with E-state index in [2.05, 4.69) is 28.3 Å². The van der Waals surface area contributed by atoms with Crippen LogP contribution in [0.1, 0.15) is 0 Å². The summed E-state index contributed by atoms with van der Waals surface area (Å²) in [5.74, 6) is 1.77. The molecule has 0 fully saturated rings. The fraction of sp³-hybridized carbons (Fsp3) is 0.800. The van der Waals surface area contributed by atoms with E-state index in [0.717, 1.165) is 31.3 Å². The molecule has 0 aromatic heterocycles. The van der Waals surface area contributed by atoms with Crippen LogP contribution in [-0.2, 0) is 0 Å². The largest absolute Gasteiger partial charge is 0.356 e. The molecule has 0 saturated heterocycles. The van der Waals surface area contributed by atoms with E-state index in [9.17, 15) is 0 Å². The summed E-state index contributed by atoms with van der Waals surface area (Å²) in [6.07, 6.45) is 0. The second-order valence-electron chi connectivity index (χ2n) is 1.81. The van der Waals surface area contributed by atoms with Crippen molar-refractivity contribution in [2.45, 2.75) is 0 Å². The Morgan fingerprint density at radius 2 is 2.50 bits per heavy atom. The van der Waals surface area contributed by atoms with Crippen LogP contribution in [0.3, 0.4) is 0 Å². The van der Waals surface area contributed by atoms with Gasteiger partial charge in [0.25, 0.3) is 0 Å². The van der Waals surface area contributed by atoms with Crippen molar-refractivity contribution < 1.29 is 0 Å². The highest BCUT2D eigenvalue weighted by molar-refractivity contribution is 8.93. The fourth-order valence-electron chi connectivity index (χ4n) is 0.691. The van der Waals surface area contributed by atoms with Gasteiger partial charge in [-0.15, -0.1) is 17.0 Å². The van der Waals surface area contributed by atoms with Crippen LogP contribution in [0, 0.1) is 0 Å². The molecule has 5 heteroatoms. The molecule has 0 aromatic carbocycles. The molecule has 2 N–H and O–H groups in total. The maximum atomic E-state index is 4.13. The SMILES string of the molecule is Br.SCCNC1=NCCN1. The van der Waals surface area contributed by atoms with Gasteiger partial charge in [-0.3, -0.25) is 4.99 Å². The van der Waals surface area contributed by atoms with E-state index < -0.39 is 0 Å². The first-order valence-electron chi connectivity index (χ1n) is 3.06. The van der Waals surface area contributed by atoms with E-state index in [4.69, 9.17) is 0 Å². The Kier molecular flexibility index (Phi) is 5.91. The summed E-state index contributed by atoms with van der Waals surface area (Å²) in [5.41, 5.74) is 0. The Morgan fingerprint density at radius 1 is 1.70 bits per heavy atom. The average molecular weight is 226 g/mol. The van der Waals surface area contributed by atoms with Crippen LogP contribution < -0.4 is 10.6 Å². The number of rotatable bonds is 2. The van der Waals surface area contributed by atoms with Crippen LogP contribution in [0.2, 0.25) is 0 Å². The van der Waals surface area contributed by atoms with Gasteiger partial charge >= 0.3 is 0 Å². The van der Waals surface area contributed by atoms with Crippen molar-refractivity contribution in [1.82, 2.24) is 10.6 Å². The number of guanidine groups is 1. The van der Waals surface area contributed by atoms with Crippen molar-refractivity contribution >= 4 is 35.6 Å². The molecule has 10 heavy (non-hydrogen) atoms. The Labute approximate surface area is 76.9 Å². The predicted molar refractivity (Wildman–Crippen MR) is 52.5 cm³/mol. The quantitative estimate of drug-likeness (QED) is 0.581. The molecular formula is C5H12BrN3S. The third-order valence-electron chi connectivity index (χ3n) is 1.08. The first kappa shape index (κ1) is 10.1. The van der Waals surface area contributed by atoms with E-state index in [0.29, 0.717) is 0 Å². The van der Waals surface area contributed by atoms with E-state index >= 15 is 0 Å². The third-order valence-corrected chi connectivity index (χ3v) is 1.30. The van der Waals surface area contributed by atoms with Gasteiger partial charge in [-0.25, -0.2) is 0 Å². The number of aliphatic imine (C=N–C) groups is 1. The lowest BCUT2D eigenvalue weighted by Gasteiger charge is -2.02. The highest BCUT2D eigenvalue weighted by atomic mass is 79.9. The van der Waals surface area contributed by atoms with Crippen molar-refractivity contribution in [2.75, 3.05) is 25.4 Å². The Hall–Kier alpha value is 0.1000. The minimum Gasteiger partial charge on any atom is -0.356 e. The van der Waals surface area contributed by atoms with E-state index in [1.165, 1.54) is 0 Å². The van der Waals surface area contributed by atoms with E-state index in [1.54, 1.807) is 0 Å². The van der Waals surface area contributed by atoms with E-state index in [-0.39, 0.29) is 17.0 Å². The summed E-state index contributed by atoms with van der Waals surface area (Å²) in [6, 6.07) is 0. The van der Waals surface area contributed by atoms with Crippen molar-refractivity contribution in [1.29, 1.82) is 0 Å². The molecule has 3 nitrogen and oxygen atoms in total. The minimum atomic E-state index is 0. The topological polar surface area (TPSA) is 36.4 Å². The molecule has 0 aromatic rings. The Balaban J connectivity index is 0.000000810. The summed E-state index contributed by atoms with van der Waals surface area (Å²) in [6.45, 7) is 2.75. The molecule has 0 radical (unpaired) electrons. The van der Waals surface area contributed by atoms with Gasteiger partial charge in [0.15, 0.2) is 5.96 Å². The molecule has 0 amide bonds. The molecule has 0 unspecified atom stereocenters. The van der Waals surface area contributed by atoms with Gasteiger partial charge in [-0.2, -0.15) is 12.6 Å². The summed E-state index contributed by atoms with van der Waals surface area (Å²) in [7, 11) is 0. The zero-order chi connectivity index (χ0) is 6.53. The lowest BCUT2D eigenvalue weighted by molar-refractivity contribution is 0.904. The number of thiol groups is 1. The second kappa shape index (κ2) is 5.85. The van der Waals surface area contributed by atoms with Crippen LogP contribution in [0.5, 0.6) is 0 Å². The fourth-order valence-corrected chi connectivity index (χ4v) is 0.802. The van der Waals surface area contributed by atoms with Crippen molar-refractivity contribution in [3.05, 3.63) is 0 Å². The predicted octanol–water partition coefficient (Wildman–Crippen LogP) is 0.0429. The molecule has 0 bridgehead atoms. The molecular weight excluding hydrogens is 214 g/mol. The number of nitrogens with one attached hydrogen (secondary N) is 2. The van der Waals surface area contributed by atoms with Crippen LogP contribution >= 0.6 is 29.6 Å². The molecule has 0 aliphatic carbocycles. The highest BCUT2D eigenvalue weighted by Gasteiger charge is 2.00. The van der Waals surface area contributed by atoms with Gasteiger partial charge in [-0.05, 0) is 0 Å². The van der Waals surface area contributed by atoms with Gasteiger partial charge in [0.1, 0.15) is 0 Å². The summed E-state index contributed by atoms with van der Waals surface area (Å²) < 4.78 is 0. The smallest absolute Gasteiger partial charge is 0.191 e. The number of nitrogens with zero attached hydrogens (tertiary/aromatic N) is 1. The first-order valence-corrected chi connectivity index (χ1v) is 3.70. The normalized spacial score (nSPS) is 15.1. The second-order valence-corrected chi connectivity index (χ2v) is 2.25. The molecule has 0 atom stereocenters. The van der Waals surface area contributed by atoms with Crippen LogP contribution in [-0.4, -0.2) is 31.3 Å². The Morgan fingerprint density at radius 3 is 3.00 bits per heavy atom. The van der Waals surface area contributed by atoms with Crippen molar-refractivity contribution in [3.8, 4) is 0 Å². The first-order chi connectivity index (χ1) is 4.43. The monoisotopic (exact) mass is 225 g/mol. The van der Waals surface area contributed by atoms with Gasteiger partial charge in [0.05, 0.1) is 6.54 Å². The number of halogens is 1. The third kappa shape index (κ3) is 3.31. The lowest BCUT2D eigenvalue weighted by Crippen LogP contribution is -2.34. The highest BCUT2D eigenvalue weighted by Crippen LogP contribution is 1.80. The number of hydrogen-bond acceptors (Lipinski definition) is 4. The summed E-state index contributed by atoms with van der Waals surface area (Å²) in [4.78, 5) is 4.13. The van der Waals surface area contributed by atoms with Gasteiger partial charge in [-0.1, -0.05) is 0 Å². The molecule has 1 aliphatic heterocycles. The van der Waals surface area contributed by atoms with Gasteiger partial charge < -0.3 is 10.6 Å². The number of hydrogen-bond donors (Lipinski definition) is 3. The van der Waals surface area contributed by atoms with Crippen molar-refractivity contribution in [3.63, 3.8) is 0 Å². The standard InChI is InChI=1S/C5H11N3S.BrH/c9-4-3-8-5-6-1-2-7-5;/h9H,1-4H2,(H2,6,7,8);1H. The Bertz CT molecular complexity index is 117. The van der Waals surface area contributed by atoms with Crippen LogP contribution in [0.25, 0.3) is 0 Å². The van der Waals surface area contributed by atoms with Gasteiger partial charge in [0, 0.05) is 18.8 Å². The molecule has 1 aliphatic rings. The summed E-state index contributed by atoms with van der Waals surface area (Å²) in [5, 5.41) is 6.19. The molecule has 1 rings (SSSR count). The van der Waals surface area contributed by atoms with Crippen LogP contribution in [0.15, 0.2) is 4.99 Å². The molecule has 0 saturated carbocycles. The van der Waals surface area contributed by atoms with Crippen LogP contribution in [0.4, 0.5) is 0 Å². The molecule has 1 heterocycles. The zero-order valence-electron chi connectivity index (χ0n) is 5.63. The zero-order valence-corrected chi connectivity index (χ0v) is 8.24. The maximum absolute atomic E-state index is 4.13. The summed E-state index contributed by atoms with van der Waals surface area (Å²) >= 11 is 4.05. The maximum Gasteiger partial charge on any atom is 0.191 e. The van der Waals surface area contributed by atoms with Gasteiger partial charge in [0.2, 0.25) is 0 Å². The lowest BCUT2D eigenvalue weighted by atomic mass is 10.7. The van der Waals surface area contributed by atoms with E-state index in [1.807, 2.05) is 0 Å². The molecule has 60 valence electrons. The average Bonchev–Trinajstić information content (AvgIpc) is 2.34. The van der Waals surface area contributed by atoms with Crippen molar-refractivity contribution in [2.24, 2.45) is 4.99 Å². The minimum absolute atomic E-state index is 0. The molecule has 0 spiro atoms.